The molecule has 118 valence electrons. The number of halogens is 3. The Morgan fingerprint density at radius 1 is 1.48 bits per heavy atom. The zero-order valence-electron chi connectivity index (χ0n) is 12.1. The second kappa shape index (κ2) is 7.92. The molecule has 1 aliphatic heterocycles. The number of nitrogens with one attached hydrogen (secondary N) is 1. The molecule has 21 heavy (non-hydrogen) atoms. The normalized spacial score (nSPS) is 19.4. The molecule has 0 unspecified atom stereocenters. The molecule has 0 spiro atoms. The summed E-state index contributed by atoms with van der Waals surface area (Å²) in [5.41, 5.74) is 0.656. The molecule has 1 aromatic carbocycles. The van der Waals surface area contributed by atoms with Crippen LogP contribution < -0.4 is 10.1 Å². The molecule has 1 heterocycles. The molecule has 1 atom stereocenters. The predicted molar refractivity (Wildman–Crippen MR) is 80.1 cm³/mol. The van der Waals surface area contributed by atoms with Gasteiger partial charge in [-0.05, 0) is 44.1 Å². The van der Waals surface area contributed by atoms with Gasteiger partial charge in [-0.1, -0.05) is 18.5 Å². The Balaban J connectivity index is 1.91. The summed E-state index contributed by atoms with van der Waals surface area (Å²) < 4.78 is 29.3. The Labute approximate surface area is 129 Å². The van der Waals surface area contributed by atoms with Gasteiger partial charge in [-0.25, -0.2) is 0 Å². The Hall–Kier alpha value is -0.910. The third-order valence-electron chi connectivity index (χ3n) is 3.84. The quantitative estimate of drug-likeness (QED) is 0.832. The minimum atomic E-state index is -2.82. The van der Waals surface area contributed by atoms with Gasteiger partial charge in [0.15, 0.2) is 0 Å². The van der Waals surface area contributed by atoms with Crippen LogP contribution in [0.3, 0.4) is 0 Å². The lowest BCUT2D eigenvalue weighted by Crippen LogP contribution is -2.37. The lowest BCUT2D eigenvalue weighted by Gasteiger charge is -2.23. The Morgan fingerprint density at radius 2 is 2.29 bits per heavy atom. The number of likely N-dealkylation sites (N-methyl/N-ethyl adjacent to an activating group) is 1. The lowest BCUT2D eigenvalue weighted by molar-refractivity contribution is -0.0505. The van der Waals surface area contributed by atoms with Gasteiger partial charge in [-0.2, -0.15) is 8.78 Å². The van der Waals surface area contributed by atoms with Crippen molar-refractivity contribution in [1.29, 1.82) is 0 Å². The highest BCUT2D eigenvalue weighted by Crippen LogP contribution is 2.24. The lowest BCUT2D eigenvalue weighted by atomic mass is 10.2. The average molecular weight is 319 g/mol. The van der Waals surface area contributed by atoms with E-state index in [1.54, 1.807) is 12.1 Å². The minimum Gasteiger partial charge on any atom is -0.434 e. The number of hydrogen-bond donors (Lipinski definition) is 1. The molecule has 0 radical (unpaired) electrons. The standard InChI is InChI=1S/C15H21ClF2N2O/c1-2-20-7-3-4-13(20)10-19-9-11-8-12(16)5-6-14(11)21-15(17)18/h5-6,8,13,15,19H,2-4,7,9-10H2,1H3/t13-/m1/s1. The van der Waals surface area contributed by atoms with E-state index in [0.717, 1.165) is 19.6 Å². The van der Waals surface area contributed by atoms with Crippen molar-refractivity contribution in [3.63, 3.8) is 0 Å². The summed E-state index contributed by atoms with van der Waals surface area (Å²) in [5, 5.41) is 3.84. The summed E-state index contributed by atoms with van der Waals surface area (Å²) >= 11 is 5.93. The number of hydrogen-bond acceptors (Lipinski definition) is 3. The van der Waals surface area contributed by atoms with Gasteiger partial charge in [-0.15, -0.1) is 0 Å². The van der Waals surface area contributed by atoms with Crippen molar-refractivity contribution in [2.24, 2.45) is 0 Å². The second-order valence-corrected chi connectivity index (χ2v) is 5.62. The van der Waals surface area contributed by atoms with Gasteiger partial charge < -0.3 is 10.1 Å². The molecule has 0 aromatic heterocycles. The first-order valence-electron chi connectivity index (χ1n) is 7.28. The van der Waals surface area contributed by atoms with Gasteiger partial charge in [0.25, 0.3) is 0 Å². The summed E-state index contributed by atoms with van der Waals surface area (Å²) in [7, 11) is 0. The van der Waals surface area contributed by atoms with Crippen LogP contribution in [0.5, 0.6) is 5.75 Å². The zero-order valence-corrected chi connectivity index (χ0v) is 12.9. The SMILES string of the molecule is CCN1CCC[C@@H]1CNCc1cc(Cl)ccc1OC(F)F. The molecule has 3 nitrogen and oxygen atoms in total. The van der Waals surface area contributed by atoms with Gasteiger partial charge in [-0.3, -0.25) is 4.90 Å². The topological polar surface area (TPSA) is 24.5 Å². The fourth-order valence-corrected chi connectivity index (χ4v) is 3.01. The molecule has 1 N–H and O–H groups in total. The van der Waals surface area contributed by atoms with Gasteiger partial charge in [0, 0.05) is 29.7 Å². The predicted octanol–water partition coefficient (Wildman–Crippen LogP) is 3.52. The van der Waals surface area contributed by atoms with Crippen molar-refractivity contribution < 1.29 is 13.5 Å². The third-order valence-corrected chi connectivity index (χ3v) is 4.07. The van der Waals surface area contributed by atoms with Crippen molar-refractivity contribution in [2.75, 3.05) is 19.6 Å². The molecule has 0 bridgehead atoms. The first-order valence-corrected chi connectivity index (χ1v) is 7.66. The van der Waals surface area contributed by atoms with E-state index < -0.39 is 6.61 Å². The number of ether oxygens (including phenoxy) is 1. The fraction of sp³-hybridized carbons (Fsp3) is 0.600. The number of alkyl halides is 2. The van der Waals surface area contributed by atoms with Crippen molar-refractivity contribution in [2.45, 2.75) is 39.0 Å². The van der Waals surface area contributed by atoms with Gasteiger partial charge in [0.05, 0.1) is 0 Å². The van der Waals surface area contributed by atoms with Crippen LogP contribution in [-0.4, -0.2) is 37.2 Å². The van der Waals surface area contributed by atoms with Crippen LogP contribution in [0.4, 0.5) is 8.78 Å². The summed E-state index contributed by atoms with van der Waals surface area (Å²) in [5.74, 6) is 0.181. The maximum atomic E-state index is 12.4. The van der Waals surface area contributed by atoms with E-state index >= 15 is 0 Å². The molecule has 1 aromatic rings. The molecule has 0 saturated carbocycles. The molecule has 2 rings (SSSR count). The van der Waals surface area contributed by atoms with E-state index in [-0.39, 0.29) is 5.75 Å². The van der Waals surface area contributed by atoms with Crippen molar-refractivity contribution in [1.82, 2.24) is 10.2 Å². The van der Waals surface area contributed by atoms with E-state index in [1.807, 2.05) is 0 Å². The molecule has 1 fully saturated rings. The van der Waals surface area contributed by atoms with E-state index in [2.05, 4.69) is 21.9 Å². The molecule has 1 aliphatic rings. The fourth-order valence-electron chi connectivity index (χ4n) is 2.81. The maximum Gasteiger partial charge on any atom is 0.387 e. The summed E-state index contributed by atoms with van der Waals surface area (Å²) in [4.78, 5) is 2.43. The summed E-state index contributed by atoms with van der Waals surface area (Å²) in [6.07, 6.45) is 2.40. The molecule has 1 saturated heterocycles. The van der Waals surface area contributed by atoms with Crippen LogP contribution in [0.1, 0.15) is 25.3 Å². The van der Waals surface area contributed by atoms with Gasteiger partial charge in [0.2, 0.25) is 0 Å². The van der Waals surface area contributed by atoms with Crippen LogP contribution in [0.2, 0.25) is 5.02 Å². The zero-order chi connectivity index (χ0) is 15.2. The Kier molecular flexibility index (Phi) is 6.21. The van der Waals surface area contributed by atoms with Crippen molar-refractivity contribution in [3.05, 3.63) is 28.8 Å². The average Bonchev–Trinajstić information content (AvgIpc) is 2.89. The summed E-state index contributed by atoms with van der Waals surface area (Å²) in [6, 6.07) is 5.23. The Bertz CT molecular complexity index is 459. The first kappa shape index (κ1) is 16.5. The second-order valence-electron chi connectivity index (χ2n) is 5.19. The monoisotopic (exact) mass is 318 g/mol. The number of benzene rings is 1. The van der Waals surface area contributed by atoms with Crippen LogP contribution >= 0.6 is 11.6 Å². The largest absolute Gasteiger partial charge is 0.434 e. The van der Waals surface area contributed by atoms with Crippen molar-refractivity contribution >= 4 is 11.6 Å². The maximum absolute atomic E-state index is 12.4. The van der Waals surface area contributed by atoms with Crippen molar-refractivity contribution in [3.8, 4) is 5.75 Å². The highest BCUT2D eigenvalue weighted by Gasteiger charge is 2.22. The van der Waals surface area contributed by atoms with Crippen LogP contribution in [0.15, 0.2) is 18.2 Å². The molecule has 6 heteroatoms. The van der Waals surface area contributed by atoms with Gasteiger partial charge >= 0.3 is 6.61 Å². The van der Waals surface area contributed by atoms with Crippen LogP contribution in [0, 0.1) is 0 Å². The highest BCUT2D eigenvalue weighted by molar-refractivity contribution is 6.30. The highest BCUT2D eigenvalue weighted by atomic mass is 35.5. The number of rotatable bonds is 7. The number of likely N-dealkylation sites (tertiary alicyclic amines) is 1. The Morgan fingerprint density at radius 3 is 3.00 bits per heavy atom. The number of nitrogens with zero attached hydrogens (tertiary/aromatic N) is 1. The third kappa shape index (κ3) is 4.80. The summed E-state index contributed by atoms with van der Waals surface area (Å²) in [6.45, 7) is 2.83. The van der Waals surface area contributed by atoms with Gasteiger partial charge in [0.1, 0.15) is 5.75 Å². The minimum absolute atomic E-state index is 0.181. The van der Waals surface area contributed by atoms with Crippen LogP contribution in [0.25, 0.3) is 0 Å². The molecular formula is C15H21ClF2N2O. The first-order chi connectivity index (χ1) is 10.1. The molecule has 0 amide bonds. The van der Waals surface area contributed by atoms with E-state index in [1.165, 1.54) is 18.9 Å². The molecular weight excluding hydrogens is 298 g/mol. The van der Waals surface area contributed by atoms with Crippen LogP contribution in [-0.2, 0) is 6.54 Å². The van der Waals surface area contributed by atoms with E-state index in [4.69, 9.17) is 11.6 Å². The van der Waals surface area contributed by atoms with E-state index in [9.17, 15) is 8.78 Å². The smallest absolute Gasteiger partial charge is 0.387 e. The molecule has 0 aliphatic carbocycles. The van der Waals surface area contributed by atoms with E-state index in [0.29, 0.717) is 23.2 Å².